The summed E-state index contributed by atoms with van der Waals surface area (Å²) < 4.78 is 31.1. The van der Waals surface area contributed by atoms with Crippen molar-refractivity contribution in [3.05, 3.63) is 42.2 Å². The lowest BCUT2D eigenvalue weighted by Gasteiger charge is -2.27. The topological polar surface area (TPSA) is 222 Å². The molecule has 0 amide bonds. The Labute approximate surface area is 229 Å². The molecule has 2 aliphatic rings. The maximum atomic E-state index is 13.2. The van der Waals surface area contributed by atoms with Gasteiger partial charge in [0.2, 0.25) is 5.95 Å². The van der Waals surface area contributed by atoms with Crippen LogP contribution in [0.3, 0.4) is 0 Å². The first kappa shape index (κ1) is 28.4. The molecule has 40 heavy (non-hydrogen) atoms. The van der Waals surface area contributed by atoms with Crippen molar-refractivity contribution in [3.8, 4) is 0 Å². The number of nitrogen functional groups attached to an aromatic ring is 1. The van der Waals surface area contributed by atoms with Gasteiger partial charge in [0.1, 0.15) is 23.9 Å². The van der Waals surface area contributed by atoms with Crippen molar-refractivity contribution < 1.29 is 33.6 Å². The minimum atomic E-state index is -4.14. The monoisotopic (exact) mass is 576 g/mol. The molecule has 216 valence electrons. The summed E-state index contributed by atoms with van der Waals surface area (Å²) in [5.41, 5.74) is 11.2. The normalized spacial score (nSPS) is 26.9. The van der Waals surface area contributed by atoms with E-state index < -0.39 is 50.3 Å². The summed E-state index contributed by atoms with van der Waals surface area (Å²) >= 11 is 0. The fraction of sp³-hybridized carbons (Fsp3) is 0.500. The Bertz CT molecular complexity index is 1420. The highest BCUT2D eigenvalue weighted by molar-refractivity contribution is 7.54. The molecule has 3 heterocycles. The Balaban J connectivity index is 1.32. The van der Waals surface area contributed by atoms with Crippen LogP contribution in [-0.2, 0) is 23.4 Å². The minimum Gasteiger partial charge on any atom is -0.465 e. The van der Waals surface area contributed by atoms with Crippen molar-refractivity contribution >= 4 is 36.6 Å². The number of nitrogens with one attached hydrogen (secondary N) is 2. The number of hydrogen-bond donors (Lipinski definition) is 6. The molecule has 0 radical (unpaired) electrons. The highest BCUT2D eigenvalue weighted by Gasteiger charge is 2.54. The number of nitrogens with zero attached hydrogens (tertiary/aromatic N) is 4. The van der Waals surface area contributed by atoms with Crippen LogP contribution in [-0.4, -0.2) is 72.8 Å². The van der Waals surface area contributed by atoms with Crippen molar-refractivity contribution in [2.45, 2.75) is 62.8 Å². The van der Waals surface area contributed by atoms with E-state index in [9.17, 15) is 19.6 Å². The molecule has 3 aromatic rings. The van der Waals surface area contributed by atoms with Crippen LogP contribution < -0.4 is 21.6 Å². The summed E-state index contributed by atoms with van der Waals surface area (Å²) in [6.07, 6.45) is -0.375. The molecular formula is C24H33N8O7P. The highest BCUT2D eigenvalue weighted by Crippen LogP contribution is 2.43. The van der Waals surface area contributed by atoms with Crippen molar-refractivity contribution in [2.75, 3.05) is 24.3 Å². The number of fused-ring (bicyclic) bond motifs is 1. The van der Waals surface area contributed by atoms with Crippen LogP contribution in [0.1, 0.15) is 44.5 Å². The van der Waals surface area contributed by atoms with Gasteiger partial charge in [-0.3, -0.25) is 9.13 Å². The van der Waals surface area contributed by atoms with E-state index in [2.05, 4.69) is 25.4 Å². The van der Waals surface area contributed by atoms with Crippen LogP contribution in [0.5, 0.6) is 0 Å². The zero-order chi connectivity index (χ0) is 28.7. The van der Waals surface area contributed by atoms with Crippen LogP contribution >= 0.6 is 7.67 Å². The van der Waals surface area contributed by atoms with Crippen molar-refractivity contribution in [2.24, 2.45) is 5.50 Å². The third-order valence-corrected chi connectivity index (χ3v) is 7.91. The van der Waals surface area contributed by atoms with Crippen molar-refractivity contribution in [1.29, 1.82) is 0 Å². The molecule has 2 fully saturated rings. The first-order valence-corrected chi connectivity index (χ1v) is 14.5. The zero-order valence-corrected chi connectivity index (χ0v) is 22.9. The summed E-state index contributed by atoms with van der Waals surface area (Å²) in [6, 6.07) is 7.60. The van der Waals surface area contributed by atoms with E-state index in [1.165, 1.54) is 17.8 Å². The first-order valence-electron chi connectivity index (χ1n) is 12.8. The molecule has 3 unspecified atom stereocenters. The Hall–Kier alpha value is -3.17. The number of imidazole rings is 1. The second kappa shape index (κ2) is 11.0. The number of esters is 1. The number of benzene rings is 1. The second-order valence-electron chi connectivity index (χ2n) is 9.99. The molecule has 1 aromatic carbocycles. The lowest BCUT2D eigenvalue weighted by Crippen LogP contribution is -2.44. The number of nitrogens with two attached hydrogens (primary N) is 2. The Kier molecular flexibility index (Phi) is 7.81. The SMILES string of the molecule is CCOC(=O)[C@@H](NP(N)(=O)OC[C@H]1O[C@@H](n2cnc3c(NC4CC4)nc(N)nc32)C(C)(O)C1O)c1ccccc1. The number of aliphatic hydroxyl groups is 2. The number of aromatic nitrogens is 4. The third-order valence-electron chi connectivity index (χ3n) is 6.76. The third kappa shape index (κ3) is 5.81. The maximum absolute atomic E-state index is 13.2. The Morgan fingerprint density at radius 1 is 1.32 bits per heavy atom. The van der Waals surface area contributed by atoms with Crippen molar-refractivity contribution in [3.63, 3.8) is 0 Å². The lowest BCUT2D eigenvalue weighted by atomic mass is 9.96. The van der Waals surface area contributed by atoms with Crippen LogP contribution in [0.25, 0.3) is 11.2 Å². The van der Waals surface area contributed by atoms with Crippen LogP contribution in [0.15, 0.2) is 36.7 Å². The Morgan fingerprint density at radius 3 is 2.73 bits per heavy atom. The standard InChI is InChI=1S/C24H33N8O7P/c1-3-37-21(34)16(13-7-5-4-6-8-13)31-40(26,36)38-11-15-18(33)24(2,35)22(39-15)32-12-27-17-19(28-14-9-10-14)29-23(25)30-20(17)32/h4-8,12,14-16,18,22,33,35H,3,9-11H2,1-2H3,(H3,26,31,36)(H3,25,28,29,30)/t15-,16+,18?,22-,24?,40?/m1/s1. The number of aliphatic hydroxyl groups excluding tert-OH is 1. The van der Waals surface area contributed by atoms with E-state index in [-0.39, 0.29) is 18.6 Å². The van der Waals surface area contributed by atoms with Crippen molar-refractivity contribution in [1.82, 2.24) is 24.6 Å². The van der Waals surface area contributed by atoms with Crippen LogP contribution in [0.4, 0.5) is 11.8 Å². The Morgan fingerprint density at radius 2 is 2.05 bits per heavy atom. The lowest BCUT2D eigenvalue weighted by molar-refractivity contribution is -0.145. The van der Waals surface area contributed by atoms with Gasteiger partial charge >= 0.3 is 13.6 Å². The smallest absolute Gasteiger partial charge is 0.339 e. The molecule has 1 aliphatic heterocycles. The van der Waals surface area contributed by atoms with Crippen LogP contribution in [0, 0.1) is 0 Å². The molecule has 16 heteroatoms. The molecule has 1 saturated carbocycles. The summed E-state index contributed by atoms with van der Waals surface area (Å²) in [7, 11) is -4.14. The number of anilines is 2. The molecule has 8 N–H and O–H groups in total. The molecule has 5 rings (SSSR count). The van der Waals surface area contributed by atoms with E-state index in [0.29, 0.717) is 22.5 Å². The first-order chi connectivity index (χ1) is 19.0. The zero-order valence-electron chi connectivity index (χ0n) is 22.0. The molecule has 15 nitrogen and oxygen atoms in total. The minimum absolute atomic E-state index is 0.000172. The van der Waals surface area contributed by atoms with Crippen LogP contribution in [0.2, 0.25) is 0 Å². The molecule has 2 aromatic heterocycles. The van der Waals surface area contributed by atoms with E-state index in [4.69, 9.17) is 25.2 Å². The van der Waals surface area contributed by atoms with Gasteiger partial charge < -0.3 is 35.3 Å². The molecule has 0 spiro atoms. The second-order valence-corrected chi connectivity index (χ2v) is 11.7. The predicted octanol–water partition coefficient (Wildman–Crippen LogP) is 0.970. The number of ether oxygens (including phenoxy) is 2. The average molecular weight is 577 g/mol. The van der Waals surface area contributed by atoms with E-state index in [1.54, 1.807) is 37.3 Å². The van der Waals surface area contributed by atoms with Gasteiger partial charge in [-0.2, -0.15) is 9.97 Å². The molecule has 0 bridgehead atoms. The number of carbonyl (C=O) groups excluding carboxylic acids is 1. The summed E-state index contributed by atoms with van der Waals surface area (Å²) in [4.78, 5) is 25.4. The van der Waals surface area contributed by atoms with Gasteiger partial charge in [-0.15, -0.1) is 0 Å². The van der Waals surface area contributed by atoms with Gasteiger partial charge in [0, 0.05) is 6.04 Å². The maximum Gasteiger partial charge on any atom is 0.339 e. The molecule has 6 atom stereocenters. The summed E-state index contributed by atoms with van der Waals surface area (Å²) in [5, 5.41) is 27.9. The fourth-order valence-electron chi connectivity index (χ4n) is 4.54. The van der Waals surface area contributed by atoms with Gasteiger partial charge in [-0.25, -0.2) is 20.4 Å². The van der Waals surface area contributed by atoms with E-state index in [0.717, 1.165) is 12.8 Å². The fourth-order valence-corrected chi connectivity index (χ4v) is 5.60. The number of carbonyl (C=O) groups is 1. The van der Waals surface area contributed by atoms with Gasteiger partial charge in [0.15, 0.2) is 23.2 Å². The number of hydrogen-bond acceptors (Lipinski definition) is 12. The quantitative estimate of drug-likeness (QED) is 0.138. The van der Waals surface area contributed by atoms with E-state index >= 15 is 0 Å². The van der Waals surface area contributed by atoms with Gasteiger partial charge in [-0.1, -0.05) is 30.3 Å². The average Bonchev–Trinajstić information content (AvgIpc) is 3.58. The van der Waals surface area contributed by atoms with Gasteiger partial charge in [-0.05, 0) is 32.3 Å². The number of rotatable bonds is 11. The highest BCUT2D eigenvalue weighted by atomic mass is 31.2. The van der Waals surface area contributed by atoms with E-state index in [1.807, 2.05) is 0 Å². The summed E-state index contributed by atoms with van der Waals surface area (Å²) in [6.45, 7) is 2.66. The summed E-state index contributed by atoms with van der Waals surface area (Å²) in [5.74, 6) is -0.223. The largest absolute Gasteiger partial charge is 0.465 e. The molecule has 1 aliphatic carbocycles. The molecule has 1 saturated heterocycles. The van der Waals surface area contributed by atoms with Gasteiger partial charge in [0.05, 0.1) is 19.5 Å². The van der Waals surface area contributed by atoms with Gasteiger partial charge in [0.25, 0.3) is 0 Å². The molecular weight excluding hydrogens is 543 g/mol. The predicted molar refractivity (Wildman–Crippen MR) is 144 cm³/mol.